The maximum atomic E-state index is 12.3. The minimum Gasteiger partial charge on any atom is -0.361 e. The Hall–Kier alpha value is -3.66. The molecule has 0 saturated heterocycles. The number of pyridine rings is 1. The van der Waals surface area contributed by atoms with Crippen LogP contribution >= 0.6 is 0 Å². The minimum atomic E-state index is -0.152. The van der Waals surface area contributed by atoms with Gasteiger partial charge in [-0.05, 0) is 59.5 Å². The third kappa shape index (κ3) is 4.12. The second-order valence-corrected chi connectivity index (χ2v) is 6.34. The van der Waals surface area contributed by atoms with E-state index in [2.05, 4.69) is 27.4 Å². The number of carbonyl (C=O) groups excluding carboxylic acids is 1. The molecule has 2 N–H and O–H groups in total. The molecule has 0 atom stereocenters. The number of rotatable bonds is 5. The third-order valence-electron chi connectivity index (χ3n) is 4.41. The van der Waals surface area contributed by atoms with Crippen molar-refractivity contribution >= 4 is 28.6 Å². The third-order valence-corrected chi connectivity index (χ3v) is 4.41. The van der Waals surface area contributed by atoms with Crippen LogP contribution in [0, 0.1) is 0 Å². The SMILES string of the molecule is O=C(C=Cc1ccccc1Cc1cccnc1)Nc1ccc2[nH]ccc2c1. The fourth-order valence-corrected chi connectivity index (χ4v) is 3.06. The van der Waals surface area contributed by atoms with Gasteiger partial charge in [-0.25, -0.2) is 0 Å². The van der Waals surface area contributed by atoms with Crippen LogP contribution in [-0.4, -0.2) is 15.9 Å². The van der Waals surface area contributed by atoms with Crippen molar-refractivity contribution in [2.75, 3.05) is 5.32 Å². The summed E-state index contributed by atoms with van der Waals surface area (Å²) < 4.78 is 0. The van der Waals surface area contributed by atoms with Gasteiger partial charge in [0.05, 0.1) is 0 Å². The summed E-state index contributed by atoms with van der Waals surface area (Å²) in [6, 6.07) is 19.8. The number of fused-ring (bicyclic) bond motifs is 1. The number of H-pyrrole nitrogens is 1. The zero-order chi connectivity index (χ0) is 18.5. The number of nitrogens with one attached hydrogen (secondary N) is 2. The first-order valence-corrected chi connectivity index (χ1v) is 8.81. The first-order valence-electron chi connectivity index (χ1n) is 8.81. The van der Waals surface area contributed by atoms with E-state index in [-0.39, 0.29) is 5.91 Å². The van der Waals surface area contributed by atoms with Crippen LogP contribution in [0.5, 0.6) is 0 Å². The zero-order valence-corrected chi connectivity index (χ0v) is 14.7. The van der Waals surface area contributed by atoms with Crippen LogP contribution in [0.2, 0.25) is 0 Å². The lowest BCUT2D eigenvalue weighted by atomic mass is 10.0. The summed E-state index contributed by atoms with van der Waals surface area (Å²) in [5, 5.41) is 3.98. The highest BCUT2D eigenvalue weighted by atomic mass is 16.1. The van der Waals surface area contributed by atoms with E-state index in [9.17, 15) is 4.79 Å². The van der Waals surface area contributed by atoms with Crippen molar-refractivity contribution in [3.8, 4) is 0 Å². The monoisotopic (exact) mass is 353 g/mol. The van der Waals surface area contributed by atoms with E-state index in [1.807, 2.05) is 67.0 Å². The molecule has 2 heterocycles. The molecular weight excluding hydrogens is 334 g/mol. The molecule has 0 radical (unpaired) electrons. The van der Waals surface area contributed by atoms with Gasteiger partial charge in [0.2, 0.25) is 5.91 Å². The quantitative estimate of drug-likeness (QED) is 0.506. The maximum absolute atomic E-state index is 12.3. The lowest BCUT2D eigenvalue weighted by molar-refractivity contribution is -0.111. The van der Waals surface area contributed by atoms with E-state index in [0.29, 0.717) is 0 Å². The summed E-state index contributed by atoms with van der Waals surface area (Å²) in [5.41, 5.74) is 5.15. The highest BCUT2D eigenvalue weighted by Crippen LogP contribution is 2.18. The normalized spacial score (nSPS) is 11.1. The number of aromatic nitrogens is 2. The van der Waals surface area contributed by atoms with Crippen molar-refractivity contribution in [2.24, 2.45) is 0 Å². The molecule has 0 aliphatic carbocycles. The van der Waals surface area contributed by atoms with E-state index in [4.69, 9.17) is 0 Å². The molecule has 0 bridgehead atoms. The Kier molecular flexibility index (Phi) is 4.79. The number of hydrogen-bond donors (Lipinski definition) is 2. The molecule has 132 valence electrons. The highest BCUT2D eigenvalue weighted by Gasteiger charge is 2.03. The van der Waals surface area contributed by atoms with E-state index in [1.54, 1.807) is 12.3 Å². The van der Waals surface area contributed by atoms with Crippen molar-refractivity contribution in [1.82, 2.24) is 9.97 Å². The first-order chi connectivity index (χ1) is 13.3. The number of anilines is 1. The van der Waals surface area contributed by atoms with Crippen molar-refractivity contribution < 1.29 is 4.79 Å². The Morgan fingerprint density at radius 1 is 1.07 bits per heavy atom. The van der Waals surface area contributed by atoms with Gasteiger partial charge in [-0.15, -0.1) is 0 Å². The Morgan fingerprint density at radius 3 is 2.89 bits per heavy atom. The molecule has 4 nitrogen and oxygen atoms in total. The number of nitrogens with zero attached hydrogens (tertiary/aromatic N) is 1. The Balaban J connectivity index is 1.48. The molecule has 2 aromatic carbocycles. The van der Waals surface area contributed by atoms with Crippen LogP contribution in [0.15, 0.2) is 85.3 Å². The predicted molar refractivity (Wildman–Crippen MR) is 109 cm³/mol. The van der Waals surface area contributed by atoms with Gasteiger partial charge in [-0.2, -0.15) is 0 Å². The lowest BCUT2D eigenvalue weighted by Crippen LogP contribution is -2.07. The molecule has 4 heteroatoms. The van der Waals surface area contributed by atoms with Crippen molar-refractivity contribution in [2.45, 2.75) is 6.42 Å². The topological polar surface area (TPSA) is 57.8 Å². The zero-order valence-electron chi connectivity index (χ0n) is 14.7. The number of hydrogen-bond acceptors (Lipinski definition) is 2. The number of aromatic amines is 1. The molecule has 27 heavy (non-hydrogen) atoms. The summed E-state index contributed by atoms with van der Waals surface area (Å²) in [6.45, 7) is 0. The molecule has 0 aliphatic heterocycles. The summed E-state index contributed by atoms with van der Waals surface area (Å²) in [4.78, 5) is 19.6. The predicted octanol–water partition coefficient (Wildman–Crippen LogP) is 4.81. The van der Waals surface area contributed by atoms with Crippen molar-refractivity contribution in [1.29, 1.82) is 0 Å². The Morgan fingerprint density at radius 2 is 2.00 bits per heavy atom. The van der Waals surface area contributed by atoms with Crippen LogP contribution in [0.3, 0.4) is 0 Å². The molecule has 2 aromatic heterocycles. The number of amides is 1. The van der Waals surface area contributed by atoms with E-state index in [0.717, 1.165) is 39.7 Å². The van der Waals surface area contributed by atoms with Gasteiger partial charge in [-0.1, -0.05) is 30.3 Å². The number of benzene rings is 2. The van der Waals surface area contributed by atoms with Crippen LogP contribution in [0.4, 0.5) is 5.69 Å². The van der Waals surface area contributed by atoms with Crippen molar-refractivity contribution in [3.05, 3.63) is 102 Å². The van der Waals surface area contributed by atoms with Gasteiger partial charge < -0.3 is 10.3 Å². The average molecular weight is 353 g/mol. The van der Waals surface area contributed by atoms with Gasteiger partial charge >= 0.3 is 0 Å². The Labute approximate surface area is 157 Å². The molecule has 0 unspecified atom stereocenters. The standard InChI is InChI=1S/C23H19N3O/c27-23(26-21-8-9-22-20(15-21)11-13-25-22)10-7-18-5-1-2-6-19(18)14-17-4-3-12-24-16-17/h1-13,15-16,25H,14H2,(H,26,27). The van der Waals surface area contributed by atoms with Gasteiger partial charge in [-0.3, -0.25) is 9.78 Å². The largest absolute Gasteiger partial charge is 0.361 e. The fraction of sp³-hybridized carbons (Fsp3) is 0.0435. The second-order valence-electron chi connectivity index (χ2n) is 6.34. The smallest absolute Gasteiger partial charge is 0.248 e. The molecule has 0 fully saturated rings. The van der Waals surface area contributed by atoms with Gasteiger partial charge in [0.1, 0.15) is 0 Å². The van der Waals surface area contributed by atoms with Gasteiger partial charge in [0, 0.05) is 41.3 Å². The van der Waals surface area contributed by atoms with E-state index in [1.165, 1.54) is 0 Å². The molecular formula is C23H19N3O. The second kappa shape index (κ2) is 7.70. The minimum absolute atomic E-state index is 0.152. The average Bonchev–Trinajstić information content (AvgIpc) is 3.16. The Bertz CT molecular complexity index is 1100. The summed E-state index contributed by atoms with van der Waals surface area (Å²) in [6.07, 6.45) is 9.73. The van der Waals surface area contributed by atoms with E-state index >= 15 is 0 Å². The van der Waals surface area contributed by atoms with Gasteiger partial charge in [0.25, 0.3) is 0 Å². The molecule has 4 aromatic rings. The summed E-state index contributed by atoms with van der Waals surface area (Å²) in [5.74, 6) is -0.152. The van der Waals surface area contributed by atoms with Crippen LogP contribution in [0.1, 0.15) is 16.7 Å². The fourth-order valence-electron chi connectivity index (χ4n) is 3.06. The molecule has 0 aliphatic rings. The van der Waals surface area contributed by atoms with Crippen LogP contribution < -0.4 is 5.32 Å². The van der Waals surface area contributed by atoms with Crippen molar-refractivity contribution in [3.63, 3.8) is 0 Å². The van der Waals surface area contributed by atoms with Crippen LogP contribution in [0.25, 0.3) is 17.0 Å². The van der Waals surface area contributed by atoms with Gasteiger partial charge in [0.15, 0.2) is 0 Å². The molecule has 0 spiro atoms. The highest BCUT2D eigenvalue weighted by molar-refractivity contribution is 6.03. The first kappa shape index (κ1) is 16.8. The van der Waals surface area contributed by atoms with E-state index < -0.39 is 0 Å². The molecule has 1 amide bonds. The molecule has 0 saturated carbocycles. The maximum Gasteiger partial charge on any atom is 0.248 e. The number of carbonyl (C=O) groups is 1. The summed E-state index contributed by atoms with van der Waals surface area (Å²) in [7, 11) is 0. The molecule has 4 rings (SSSR count). The lowest BCUT2D eigenvalue weighted by Gasteiger charge is -2.06. The summed E-state index contributed by atoms with van der Waals surface area (Å²) >= 11 is 0. The van der Waals surface area contributed by atoms with Crippen LogP contribution in [-0.2, 0) is 11.2 Å².